The molecule has 0 aromatic heterocycles. The van der Waals surface area contributed by atoms with Crippen molar-refractivity contribution >= 4 is 33.2 Å². The van der Waals surface area contributed by atoms with Gasteiger partial charge in [0.25, 0.3) is 5.69 Å². The number of nitrogens with zero attached hydrogens (tertiary/aromatic N) is 1. The summed E-state index contributed by atoms with van der Waals surface area (Å²) in [5.41, 5.74) is 0.865. The van der Waals surface area contributed by atoms with Gasteiger partial charge in [0.1, 0.15) is 0 Å². The van der Waals surface area contributed by atoms with Crippen LogP contribution in [0.15, 0.2) is 18.2 Å². The summed E-state index contributed by atoms with van der Waals surface area (Å²) >= 11 is 9.50. The van der Waals surface area contributed by atoms with Crippen LogP contribution in [0.4, 0.5) is 5.69 Å². The second-order valence-corrected chi connectivity index (χ2v) is 6.53. The number of halogens is 2. The standard InChI is InChI=1S/C13H17BrClNO2/c1-9(2)7-11(14)4-3-10-8-12(15)5-6-13(10)16(17)18/h5-6,8-9,11H,3-4,7H2,1-2H3. The second-order valence-electron chi connectivity index (χ2n) is 4.80. The van der Waals surface area contributed by atoms with Gasteiger partial charge in [0, 0.05) is 21.5 Å². The molecule has 0 saturated heterocycles. The predicted octanol–water partition coefficient (Wildman–Crippen LogP) is 4.99. The van der Waals surface area contributed by atoms with Gasteiger partial charge in [-0.15, -0.1) is 0 Å². The number of benzene rings is 1. The Morgan fingerprint density at radius 1 is 1.44 bits per heavy atom. The van der Waals surface area contributed by atoms with Gasteiger partial charge < -0.3 is 0 Å². The van der Waals surface area contributed by atoms with Crippen molar-refractivity contribution in [2.24, 2.45) is 5.92 Å². The summed E-state index contributed by atoms with van der Waals surface area (Å²) < 4.78 is 0. The number of hydrogen-bond donors (Lipinski definition) is 0. The van der Waals surface area contributed by atoms with Crippen molar-refractivity contribution in [2.75, 3.05) is 0 Å². The van der Waals surface area contributed by atoms with Crippen molar-refractivity contribution < 1.29 is 4.92 Å². The first-order valence-electron chi connectivity index (χ1n) is 5.97. The Bertz CT molecular complexity index is 423. The fourth-order valence-corrected chi connectivity index (χ4v) is 3.05. The van der Waals surface area contributed by atoms with Gasteiger partial charge in [-0.1, -0.05) is 41.4 Å². The van der Waals surface area contributed by atoms with E-state index in [2.05, 4.69) is 29.8 Å². The summed E-state index contributed by atoms with van der Waals surface area (Å²) in [7, 11) is 0. The van der Waals surface area contributed by atoms with Gasteiger partial charge in [0.05, 0.1) is 4.92 Å². The second kappa shape index (κ2) is 7.10. The van der Waals surface area contributed by atoms with E-state index in [1.165, 1.54) is 6.07 Å². The fraction of sp³-hybridized carbons (Fsp3) is 0.538. The quantitative estimate of drug-likeness (QED) is 0.418. The van der Waals surface area contributed by atoms with E-state index in [1.54, 1.807) is 12.1 Å². The largest absolute Gasteiger partial charge is 0.272 e. The first kappa shape index (κ1) is 15.4. The molecular formula is C13H17BrClNO2. The number of hydrogen-bond acceptors (Lipinski definition) is 2. The molecule has 18 heavy (non-hydrogen) atoms. The molecular weight excluding hydrogens is 318 g/mol. The van der Waals surface area contributed by atoms with Crippen LogP contribution in [-0.4, -0.2) is 9.75 Å². The molecule has 1 aromatic carbocycles. The molecule has 0 spiro atoms. The van der Waals surface area contributed by atoms with Gasteiger partial charge in [-0.3, -0.25) is 10.1 Å². The van der Waals surface area contributed by atoms with Gasteiger partial charge >= 0.3 is 0 Å². The summed E-state index contributed by atoms with van der Waals surface area (Å²) in [6.45, 7) is 4.33. The van der Waals surface area contributed by atoms with E-state index in [0.717, 1.165) is 12.8 Å². The lowest BCUT2D eigenvalue weighted by atomic mass is 10.0. The summed E-state index contributed by atoms with van der Waals surface area (Å²) in [5, 5.41) is 11.5. The van der Waals surface area contributed by atoms with Gasteiger partial charge in [-0.25, -0.2) is 0 Å². The molecule has 1 aromatic rings. The molecule has 1 atom stereocenters. The molecule has 0 N–H and O–H groups in total. The Balaban J connectivity index is 2.71. The van der Waals surface area contributed by atoms with Crippen LogP contribution in [-0.2, 0) is 6.42 Å². The fourth-order valence-electron chi connectivity index (χ4n) is 1.87. The lowest BCUT2D eigenvalue weighted by molar-refractivity contribution is -0.385. The van der Waals surface area contributed by atoms with Crippen molar-refractivity contribution in [2.45, 2.75) is 37.9 Å². The monoisotopic (exact) mass is 333 g/mol. The smallest absolute Gasteiger partial charge is 0.258 e. The molecule has 0 aliphatic heterocycles. The van der Waals surface area contributed by atoms with Crippen molar-refractivity contribution in [1.82, 2.24) is 0 Å². The molecule has 0 amide bonds. The summed E-state index contributed by atoms with van der Waals surface area (Å²) in [6.07, 6.45) is 2.60. The molecule has 0 saturated carbocycles. The first-order valence-corrected chi connectivity index (χ1v) is 7.26. The van der Waals surface area contributed by atoms with Crippen molar-refractivity contribution in [1.29, 1.82) is 0 Å². The summed E-state index contributed by atoms with van der Waals surface area (Å²) in [5.74, 6) is 0.615. The zero-order valence-electron chi connectivity index (χ0n) is 10.5. The zero-order valence-corrected chi connectivity index (χ0v) is 12.9. The molecule has 0 heterocycles. The van der Waals surface area contributed by atoms with E-state index in [0.29, 0.717) is 27.8 Å². The highest BCUT2D eigenvalue weighted by molar-refractivity contribution is 9.09. The minimum absolute atomic E-state index is 0.156. The van der Waals surface area contributed by atoms with Crippen molar-refractivity contribution in [3.05, 3.63) is 38.9 Å². The lowest BCUT2D eigenvalue weighted by Crippen LogP contribution is -2.05. The Labute approximate surface area is 121 Å². The maximum absolute atomic E-state index is 10.9. The normalized spacial score (nSPS) is 12.7. The Morgan fingerprint density at radius 3 is 2.67 bits per heavy atom. The highest BCUT2D eigenvalue weighted by atomic mass is 79.9. The highest BCUT2D eigenvalue weighted by Crippen LogP contribution is 2.26. The maximum atomic E-state index is 10.9. The number of alkyl halides is 1. The lowest BCUT2D eigenvalue weighted by Gasteiger charge is -2.12. The third-order valence-electron chi connectivity index (χ3n) is 2.69. The topological polar surface area (TPSA) is 43.1 Å². The van der Waals surface area contributed by atoms with Crippen molar-refractivity contribution in [3.63, 3.8) is 0 Å². The number of rotatable bonds is 6. The van der Waals surface area contributed by atoms with Gasteiger partial charge in [0.15, 0.2) is 0 Å². The average Bonchev–Trinajstić information content (AvgIpc) is 2.25. The molecule has 100 valence electrons. The first-order chi connectivity index (χ1) is 8.40. The summed E-state index contributed by atoms with van der Waals surface area (Å²) in [6, 6.07) is 4.72. The van der Waals surface area contributed by atoms with Crippen LogP contribution in [0.1, 0.15) is 32.3 Å². The van der Waals surface area contributed by atoms with E-state index in [1.807, 2.05) is 0 Å². The van der Waals surface area contributed by atoms with Crippen LogP contribution in [0, 0.1) is 16.0 Å². The van der Waals surface area contributed by atoms with Gasteiger partial charge in [-0.2, -0.15) is 0 Å². The Morgan fingerprint density at radius 2 is 2.11 bits per heavy atom. The van der Waals surface area contributed by atoms with Crippen LogP contribution >= 0.6 is 27.5 Å². The third-order valence-corrected chi connectivity index (χ3v) is 3.76. The van der Waals surface area contributed by atoms with E-state index < -0.39 is 0 Å². The van der Waals surface area contributed by atoms with Gasteiger partial charge in [-0.05, 0) is 37.3 Å². The van der Waals surface area contributed by atoms with Crippen LogP contribution < -0.4 is 0 Å². The summed E-state index contributed by atoms with van der Waals surface area (Å²) in [4.78, 5) is 10.9. The van der Waals surface area contributed by atoms with Crippen LogP contribution in [0.3, 0.4) is 0 Å². The van der Waals surface area contributed by atoms with Crippen LogP contribution in [0.5, 0.6) is 0 Å². The molecule has 0 bridgehead atoms. The predicted molar refractivity (Wildman–Crippen MR) is 78.6 cm³/mol. The molecule has 0 aliphatic rings. The number of nitro benzene ring substituents is 1. The average molecular weight is 335 g/mol. The molecule has 1 unspecified atom stereocenters. The SMILES string of the molecule is CC(C)CC(Br)CCc1cc(Cl)ccc1[N+](=O)[O-]. The van der Waals surface area contributed by atoms with E-state index >= 15 is 0 Å². The van der Waals surface area contributed by atoms with E-state index in [9.17, 15) is 10.1 Å². The Hall–Kier alpha value is -0.610. The molecule has 1 rings (SSSR count). The number of aryl methyl sites for hydroxylation is 1. The third kappa shape index (κ3) is 4.94. The van der Waals surface area contributed by atoms with E-state index in [-0.39, 0.29) is 10.6 Å². The van der Waals surface area contributed by atoms with Crippen LogP contribution in [0.2, 0.25) is 5.02 Å². The van der Waals surface area contributed by atoms with Gasteiger partial charge in [0.2, 0.25) is 0 Å². The maximum Gasteiger partial charge on any atom is 0.272 e. The molecule has 3 nitrogen and oxygen atoms in total. The Kier molecular flexibility index (Phi) is 6.09. The highest BCUT2D eigenvalue weighted by Gasteiger charge is 2.15. The minimum Gasteiger partial charge on any atom is -0.258 e. The number of nitro groups is 1. The molecule has 5 heteroatoms. The molecule has 0 fully saturated rings. The zero-order chi connectivity index (χ0) is 13.7. The minimum atomic E-state index is -0.350. The van der Waals surface area contributed by atoms with Crippen LogP contribution in [0.25, 0.3) is 0 Å². The van der Waals surface area contributed by atoms with Crippen molar-refractivity contribution in [3.8, 4) is 0 Å². The molecule has 0 radical (unpaired) electrons. The molecule has 0 aliphatic carbocycles. The van der Waals surface area contributed by atoms with E-state index in [4.69, 9.17) is 11.6 Å².